The molecule has 1 heterocycles. The molecule has 0 bridgehead atoms. The fourth-order valence-electron chi connectivity index (χ4n) is 1.39. The van der Waals surface area contributed by atoms with Crippen molar-refractivity contribution in [1.29, 1.82) is 0 Å². The summed E-state index contributed by atoms with van der Waals surface area (Å²) in [4.78, 5) is 34.8. The highest BCUT2D eigenvalue weighted by Crippen LogP contribution is 2.65. The lowest BCUT2D eigenvalue weighted by molar-refractivity contribution is 0.0632. The van der Waals surface area contributed by atoms with E-state index in [2.05, 4.69) is 13.9 Å². The van der Waals surface area contributed by atoms with E-state index in [-0.39, 0.29) is 5.94 Å². The Morgan fingerprint density at radius 1 is 1.10 bits per heavy atom. The molecule has 15 heteroatoms. The Morgan fingerprint density at radius 3 is 2.15 bits per heavy atom. The van der Waals surface area contributed by atoms with Gasteiger partial charge >= 0.3 is 23.2 Å². The van der Waals surface area contributed by atoms with Gasteiger partial charge in [-0.3, -0.25) is 9.88 Å². The zero-order valence-electron chi connectivity index (χ0n) is 9.93. The highest BCUT2D eigenvalue weighted by molar-refractivity contribution is 7.68. The summed E-state index contributed by atoms with van der Waals surface area (Å²) in [5.41, 5.74) is 0. The van der Waals surface area contributed by atoms with Crippen LogP contribution >= 0.6 is 23.2 Å². The standard InChI is InChI=1S/C5H13BNO10P3/c6-4-1-2-5(7-4)15-3-18(8,9)16-20(13,14)17-19(10,11)12/h4-5,7H,1-3H2,(H,8,9)(H,13,14)(H2,10,11,12)/t4-,5-/m1/s1. The smallest absolute Gasteiger partial charge is 0.351 e. The van der Waals surface area contributed by atoms with Crippen LogP contribution in [0.3, 0.4) is 0 Å². The van der Waals surface area contributed by atoms with Crippen molar-refractivity contribution >= 4 is 31.1 Å². The average Bonchev–Trinajstić information content (AvgIpc) is 2.55. The maximum absolute atomic E-state index is 11.4. The van der Waals surface area contributed by atoms with Gasteiger partial charge in [-0.25, -0.2) is 13.4 Å². The molecule has 0 aromatic rings. The maximum Gasteiger partial charge on any atom is 0.488 e. The Morgan fingerprint density at radius 2 is 1.70 bits per heavy atom. The zero-order valence-corrected chi connectivity index (χ0v) is 12.6. The fraction of sp³-hybridized carbons (Fsp3) is 1.00. The van der Waals surface area contributed by atoms with Gasteiger partial charge in [-0.05, 0) is 18.8 Å². The van der Waals surface area contributed by atoms with Gasteiger partial charge in [0.25, 0.3) is 0 Å². The van der Waals surface area contributed by atoms with Gasteiger partial charge in [0.2, 0.25) is 0 Å². The lowest BCUT2D eigenvalue weighted by atomic mass is 9.96. The lowest BCUT2D eigenvalue weighted by Crippen LogP contribution is -2.31. The number of phosphoric acid groups is 2. The highest BCUT2D eigenvalue weighted by atomic mass is 31.3. The summed E-state index contributed by atoms with van der Waals surface area (Å²) in [5, 5.41) is 2.71. The van der Waals surface area contributed by atoms with Crippen molar-refractivity contribution in [3.05, 3.63) is 0 Å². The molecule has 0 aliphatic carbocycles. The van der Waals surface area contributed by atoms with Crippen molar-refractivity contribution in [2.75, 3.05) is 6.35 Å². The molecule has 0 amide bonds. The van der Waals surface area contributed by atoms with Crippen molar-refractivity contribution in [2.24, 2.45) is 0 Å². The van der Waals surface area contributed by atoms with E-state index in [4.69, 9.17) is 27.3 Å². The van der Waals surface area contributed by atoms with Crippen LogP contribution in [-0.2, 0) is 27.1 Å². The van der Waals surface area contributed by atoms with Crippen molar-refractivity contribution in [2.45, 2.75) is 25.0 Å². The molecule has 4 atom stereocenters. The molecule has 1 aliphatic heterocycles. The van der Waals surface area contributed by atoms with E-state index in [1.807, 2.05) is 0 Å². The molecule has 1 rings (SSSR count). The lowest BCUT2D eigenvalue weighted by Gasteiger charge is -2.18. The second kappa shape index (κ2) is 6.68. The van der Waals surface area contributed by atoms with Crippen LogP contribution in [-0.4, -0.2) is 45.9 Å². The first-order valence-electron chi connectivity index (χ1n) is 5.15. The average molecular weight is 351 g/mol. The van der Waals surface area contributed by atoms with Crippen molar-refractivity contribution in [3.63, 3.8) is 0 Å². The fourth-order valence-corrected chi connectivity index (χ4v) is 4.70. The van der Waals surface area contributed by atoms with Crippen LogP contribution in [0.1, 0.15) is 12.8 Å². The molecule has 0 spiro atoms. The Labute approximate surface area is 115 Å². The molecule has 0 saturated carbocycles. The summed E-state index contributed by atoms with van der Waals surface area (Å²) in [6, 6.07) is 0. The van der Waals surface area contributed by atoms with Gasteiger partial charge in [-0.15, -0.1) is 0 Å². The summed E-state index contributed by atoms with van der Waals surface area (Å²) >= 11 is 0. The molecule has 2 unspecified atom stereocenters. The molecule has 0 aromatic carbocycles. The minimum absolute atomic E-state index is 0.332. The van der Waals surface area contributed by atoms with Crippen molar-refractivity contribution in [3.8, 4) is 0 Å². The Bertz CT molecular complexity index is 480. The predicted octanol–water partition coefficient (Wildman–Crippen LogP) is -0.424. The van der Waals surface area contributed by atoms with E-state index >= 15 is 0 Å². The first-order valence-corrected chi connectivity index (χ1v) is 9.93. The number of ether oxygens (including phenoxy) is 1. The van der Waals surface area contributed by atoms with Crippen molar-refractivity contribution in [1.82, 2.24) is 5.32 Å². The number of rotatable bonds is 7. The molecule has 1 aliphatic rings. The molecule has 20 heavy (non-hydrogen) atoms. The summed E-state index contributed by atoms with van der Waals surface area (Å²) in [5.74, 6) is -0.332. The third-order valence-electron chi connectivity index (χ3n) is 2.02. The molecular formula is C5H13BNO10P3. The number of hydrogen-bond donors (Lipinski definition) is 5. The van der Waals surface area contributed by atoms with Gasteiger partial charge in [0.1, 0.15) is 6.23 Å². The first kappa shape index (κ1) is 18.5. The Hall–Kier alpha value is 0.435. The summed E-state index contributed by atoms with van der Waals surface area (Å²) in [6.07, 6.45) is -0.584. The highest BCUT2D eigenvalue weighted by Gasteiger charge is 2.40. The Balaban J connectivity index is 2.50. The van der Waals surface area contributed by atoms with Crippen LogP contribution in [0.5, 0.6) is 0 Å². The monoisotopic (exact) mass is 351 g/mol. The van der Waals surface area contributed by atoms with E-state index in [0.29, 0.717) is 12.8 Å². The SMILES string of the molecule is [B][C@H]1CC[C@@H](OCP(=O)(O)OP(=O)(O)OP(=O)(O)O)N1. The van der Waals surface area contributed by atoms with Gasteiger partial charge in [-0.2, -0.15) is 4.31 Å². The van der Waals surface area contributed by atoms with Crippen LogP contribution in [0, 0.1) is 0 Å². The number of nitrogens with one attached hydrogen (secondary N) is 1. The minimum atomic E-state index is -5.41. The van der Waals surface area contributed by atoms with Gasteiger partial charge in [0.15, 0.2) is 6.35 Å². The van der Waals surface area contributed by atoms with E-state index in [1.54, 1.807) is 0 Å². The third-order valence-corrected chi connectivity index (χ3v) is 6.02. The normalized spacial score (nSPS) is 29.8. The number of hydrogen-bond acceptors (Lipinski definition) is 7. The molecule has 1 fully saturated rings. The second-order valence-electron chi connectivity index (χ2n) is 3.89. The quantitative estimate of drug-likeness (QED) is 0.298. The summed E-state index contributed by atoms with van der Waals surface area (Å²) < 4.78 is 45.0. The predicted molar refractivity (Wildman–Crippen MR) is 65.5 cm³/mol. The molecule has 0 aromatic heterocycles. The Kier molecular flexibility index (Phi) is 6.18. The van der Waals surface area contributed by atoms with Crippen LogP contribution < -0.4 is 5.32 Å². The van der Waals surface area contributed by atoms with Gasteiger partial charge in [-0.1, -0.05) is 0 Å². The van der Waals surface area contributed by atoms with E-state index in [9.17, 15) is 18.6 Å². The van der Waals surface area contributed by atoms with E-state index in [1.165, 1.54) is 0 Å². The summed E-state index contributed by atoms with van der Waals surface area (Å²) in [6.45, 7) is 0. The van der Waals surface area contributed by atoms with Gasteiger partial charge in [0, 0.05) is 0 Å². The molecule has 5 N–H and O–H groups in total. The van der Waals surface area contributed by atoms with Crippen LogP contribution in [0.15, 0.2) is 0 Å². The van der Waals surface area contributed by atoms with Crippen molar-refractivity contribution < 1.29 is 46.6 Å². The minimum Gasteiger partial charge on any atom is -0.351 e. The first-order chi connectivity index (χ1) is 8.89. The maximum atomic E-state index is 11.4. The van der Waals surface area contributed by atoms with Crippen LogP contribution in [0.4, 0.5) is 0 Å². The van der Waals surface area contributed by atoms with E-state index in [0.717, 1.165) is 0 Å². The van der Waals surface area contributed by atoms with Crippen LogP contribution in [0.2, 0.25) is 0 Å². The topological polar surface area (TPSA) is 172 Å². The third kappa shape index (κ3) is 7.45. The van der Waals surface area contributed by atoms with Gasteiger partial charge in [0.05, 0.1) is 7.85 Å². The zero-order chi connectivity index (χ0) is 15.6. The van der Waals surface area contributed by atoms with Gasteiger partial charge < -0.3 is 24.3 Å². The largest absolute Gasteiger partial charge is 0.488 e. The molecule has 116 valence electrons. The van der Waals surface area contributed by atoms with Crippen LogP contribution in [0.25, 0.3) is 0 Å². The molecule has 2 radical (unpaired) electrons. The summed E-state index contributed by atoms with van der Waals surface area (Å²) in [7, 11) is -10.0. The second-order valence-corrected chi connectivity index (χ2v) is 8.65. The van der Waals surface area contributed by atoms with E-state index < -0.39 is 35.8 Å². The molecule has 1 saturated heterocycles. The molecule has 11 nitrogen and oxygen atoms in total. The molecular weight excluding hydrogens is 338 g/mol.